The van der Waals surface area contributed by atoms with Crippen LogP contribution in [0.2, 0.25) is 0 Å². The van der Waals surface area contributed by atoms with Crippen LogP contribution in [-0.4, -0.2) is 20.4 Å². The number of fused-ring (bicyclic) bond motifs is 1. The van der Waals surface area contributed by atoms with Crippen LogP contribution >= 0.6 is 0 Å². The Kier molecular flexibility index (Phi) is 3.64. The first-order chi connectivity index (χ1) is 7.86. The van der Waals surface area contributed by atoms with Gasteiger partial charge in [0.25, 0.3) is 0 Å². The molecule has 1 heterocycles. The zero-order valence-electron chi connectivity index (χ0n) is 9.49. The molecule has 16 heavy (non-hydrogen) atoms. The minimum atomic E-state index is 0.307. The molecule has 0 bridgehead atoms. The van der Waals surface area contributed by atoms with Gasteiger partial charge in [0.05, 0.1) is 6.61 Å². The van der Waals surface area contributed by atoms with Crippen molar-refractivity contribution in [2.75, 3.05) is 20.4 Å². The number of ether oxygens (including phenoxy) is 3. The summed E-state index contributed by atoms with van der Waals surface area (Å²) in [6, 6.07) is 3.96. The van der Waals surface area contributed by atoms with Gasteiger partial charge in [-0.1, -0.05) is 6.07 Å². The summed E-state index contributed by atoms with van der Waals surface area (Å²) in [5.74, 6) is 1.69. The summed E-state index contributed by atoms with van der Waals surface area (Å²) in [6.07, 6.45) is 1.85. The van der Waals surface area contributed by atoms with Gasteiger partial charge in [-0.3, -0.25) is 0 Å². The second-order valence-corrected chi connectivity index (χ2v) is 3.76. The van der Waals surface area contributed by atoms with Gasteiger partial charge in [-0.15, -0.1) is 0 Å². The van der Waals surface area contributed by atoms with Crippen LogP contribution in [0.3, 0.4) is 0 Å². The first-order valence-corrected chi connectivity index (χ1v) is 5.46. The van der Waals surface area contributed by atoms with Gasteiger partial charge in [0, 0.05) is 12.7 Å². The summed E-state index contributed by atoms with van der Waals surface area (Å²) >= 11 is 0. The van der Waals surface area contributed by atoms with E-state index in [1.807, 2.05) is 12.1 Å². The molecule has 0 atom stereocenters. The van der Waals surface area contributed by atoms with Crippen LogP contribution in [0, 0.1) is 0 Å². The van der Waals surface area contributed by atoms with E-state index in [1.54, 1.807) is 7.11 Å². The predicted octanol–water partition coefficient (Wildman–Crippen LogP) is 1.45. The van der Waals surface area contributed by atoms with Gasteiger partial charge in [0.15, 0.2) is 11.5 Å². The normalized spacial score (nSPS) is 13.1. The average Bonchev–Trinajstić information content (AvgIpc) is 2.76. The van der Waals surface area contributed by atoms with Crippen LogP contribution in [0.5, 0.6) is 11.5 Å². The lowest BCUT2D eigenvalue weighted by Crippen LogP contribution is -2.04. The Bertz CT molecular complexity index is 366. The van der Waals surface area contributed by atoms with Crippen molar-refractivity contribution in [1.29, 1.82) is 0 Å². The minimum absolute atomic E-state index is 0.307. The van der Waals surface area contributed by atoms with Gasteiger partial charge in [-0.2, -0.15) is 0 Å². The lowest BCUT2D eigenvalue weighted by molar-refractivity contribution is 0.172. The summed E-state index contributed by atoms with van der Waals surface area (Å²) in [5.41, 5.74) is 7.86. The quantitative estimate of drug-likeness (QED) is 0.821. The molecular weight excluding hydrogens is 206 g/mol. The monoisotopic (exact) mass is 223 g/mol. The average molecular weight is 223 g/mol. The molecule has 0 saturated heterocycles. The smallest absolute Gasteiger partial charge is 0.231 e. The third kappa shape index (κ3) is 2.13. The van der Waals surface area contributed by atoms with E-state index in [4.69, 9.17) is 19.9 Å². The Morgan fingerprint density at radius 3 is 3.00 bits per heavy atom. The van der Waals surface area contributed by atoms with E-state index < -0.39 is 0 Å². The second kappa shape index (κ2) is 5.18. The van der Waals surface area contributed by atoms with E-state index in [0.29, 0.717) is 19.9 Å². The van der Waals surface area contributed by atoms with Crippen molar-refractivity contribution in [3.8, 4) is 11.5 Å². The highest BCUT2D eigenvalue weighted by molar-refractivity contribution is 5.52. The SMILES string of the molecule is COCc1ccc2c(c1CCCN)OCO2. The summed E-state index contributed by atoms with van der Waals surface area (Å²) in [4.78, 5) is 0. The van der Waals surface area contributed by atoms with Crippen LogP contribution in [0.4, 0.5) is 0 Å². The highest BCUT2D eigenvalue weighted by Crippen LogP contribution is 2.38. The van der Waals surface area contributed by atoms with E-state index in [2.05, 4.69) is 0 Å². The van der Waals surface area contributed by atoms with Gasteiger partial charge in [-0.25, -0.2) is 0 Å². The van der Waals surface area contributed by atoms with Gasteiger partial charge in [0.1, 0.15) is 0 Å². The summed E-state index contributed by atoms with van der Waals surface area (Å²) in [6.45, 7) is 1.58. The second-order valence-electron chi connectivity index (χ2n) is 3.76. The summed E-state index contributed by atoms with van der Waals surface area (Å²) < 4.78 is 16.0. The van der Waals surface area contributed by atoms with Crippen LogP contribution in [0.25, 0.3) is 0 Å². The third-order valence-corrected chi connectivity index (χ3v) is 2.67. The number of rotatable bonds is 5. The molecule has 0 saturated carbocycles. The maximum absolute atomic E-state index is 5.54. The molecule has 0 unspecified atom stereocenters. The van der Waals surface area contributed by atoms with E-state index in [0.717, 1.165) is 29.9 Å². The number of hydrogen-bond donors (Lipinski definition) is 1. The molecule has 1 aliphatic rings. The van der Waals surface area contributed by atoms with Crippen LogP contribution in [0.1, 0.15) is 17.5 Å². The molecule has 88 valence electrons. The van der Waals surface area contributed by atoms with Crippen LogP contribution in [0.15, 0.2) is 12.1 Å². The minimum Gasteiger partial charge on any atom is -0.454 e. The topological polar surface area (TPSA) is 53.7 Å². The van der Waals surface area contributed by atoms with E-state index in [-0.39, 0.29) is 0 Å². The Labute approximate surface area is 95.3 Å². The molecule has 1 aromatic rings. The summed E-state index contributed by atoms with van der Waals surface area (Å²) in [5, 5.41) is 0. The maximum Gasteiger partial charge on any atom is 0.231 e. The Balaban J connectivity index is 2.30. The molecule has 2 rings (SSSR count). The first-order valence-electron chi connectivity index (χ1n) is 5.46. The van der Waals surface area contributed by atoms with E-state index in [1.165, 1.54) is 5.56 Å². The Hall–Kier alpha value is -1.26. The first kappa shape index (κ1) is 11.2. The van der Waals surface area contributed by atoms with Crippen LogP contribution < -0.4 is 15.2 Å². The summed E-state index contributed by atoms with van der Waals surface area (Å²) in [7, 11) is 1.69. The molecule has 1 aliphatic heterocycles. The molecule has 0 fully saturated rings. The third-order valence-electron chi connectivity index (χ3n) is 2.67. The highest BCUT2D eigenvalue weighted by Gasteiger charge is 2.20. The van der Waals surface area contributed by atoms with Gasteiger partial charge >= 0.3 is 0 Å². The van der Waals surface area contributed by atoms with Crippen molar-refractivity contribution in [3.63, 3.8) is 0 Å². The lowest BCUT2D eigenvalue weighted by atomic mass is 10.0. The van der Waals surface area contributed by atoms with E-state index >= 15 is 0 Å². The van der Waals surface area contributed by atoms with Crippen molar-refractivity contribution in [2.45, 2.75) is 19.4 Å². The molecule has 2 N–H and O–H groups in total. The standard InChI is InChI=1S/C12H17NO3/c1-14-7-9-4-5-11-12(16-8-15-11)10(9)3-2-6-13/h4-5H,2-3,6-8,13H2,1H3. The van der Waals surface area contributed by atoms with Gasteiger partial charge < -0.3 is 19.9 Å². The molecule has 0 aromatic heterocycles. The van der Waals surface area contributed by atoms with Crippen molar-refractivity contribution in [2.24, 2.45) is 5.73 Å². The van der Waals surface area contributed by atoms with Gasteiger partial charge in [0.2, 0.25) is 6.79 Å². The number of methoxy groups -OCH3 is 1. The fourth-order valence-corrected chi connectivity index (χ4v) is 1.91. The largest absolute Gasteiger partial charge is 0.454 e. The Morgan fingerprint density at radius 2 is 2.25 bits per heavy atom. The van der Waals surface area contributed by atoms with Gasteiger partial charge in [-0.05, 0) is 31.0 Å². The highest BCUT2D eigenvalue weighted by atomic mass is 16.7. The van der Waals surface area contributed by atoms with Crippen molar-refractivity contribution >= 4 is 0 Å². The molecular formula is C12H17NO3. The molecule has 0 radical (unpaired) electrons. The molecule has 0 spiro atoms. The molecule has 4 nitrogen and oxygen atoms in total. The van der Waals surface area contributed by atoms with Crippen molar-refractivity contribution < 1.29 is 14.2 Å². The molecule has 0 amide bonds. The van der Waals surface area contributed by atoms with Crippen LogP contribution in [-0.2, 0) is 17.8 Å². The zero-order chi connectivity index (χ0) is 11.4. The van der Waals surface area contributed by atoms with E-state index in [9.17, 15) is 0 Å². The van der Waals surface area contributed by atoms with Crippen molar-refractivity contribution in [1.82, 2.24) is 0 Å². The molecule has 1 aromatic carbocycles. The number of nitrogens with two attached hydrogens (primary N) is 1. The fourth-order valence-electron chi connectivity index (χ4n) is 1.91. The number of hydrogen-bond acceptors (Lipinski definition) is 4. The molecule has 0 aliphatic carbocycles. The maximum atomic E-state index is 5.54. The van der Waals surface area contributed by atoms with Crippen molar-refractivity contribution in [3.05, 3.63) is 23.3 Å². The molecule has 4 heteroatoms. The lowest BCUT2D eigenvalue weighted by Gasteiger charge is -2.11. The predicted molar refractivity (Wildman–Crippen MR) is 60.7 cm³/mol. The zero-order valence-corrected chi connectivity index (χ0v) is 9.49. The number of benzene rings is 1. The fraction of sp³-hybridized carbons (Fsp3) is 0.500. The Morgan fingerprint density at radius 1 is 1.38 bits per heavy atom.